The lowest BCUT2D eigenvalue weighted by Gasteiger charge is -1.75. The smallest absolute Gasteiger partial charge is 0.231 e. The molecule has 0 aliphatic carbocycles. The van der Waals surface area contributed by atoms with E-state index in [0.29, 0.717) is 0 Å². The van der Waals surface area contributed by atoms with E-state index in [-0.39, 0.29) is 0 Å². The molecule has 0 atom stereocenters. The molecule has 0 saturated carbocycles. The fourth-order valence-electron chi connectivity index (χ4n) is 0.355. The zero-order valence-electron chi connectivity index (χ0n) is 3.91. The van der Waals surface area contributed by atoms with E-state index in [0.717, 1.165) is 11.6 Å². The van der Waals surface area contributed by atoms with Gasteiger partial charge in [-0.05, 0) is 6.92 Å². The first-order chi connectivity index (χ1) is 2.84. The number of nitrogens with one attached hydrogen (secondary N) is 1. The van der Waals surface area contributed by atoms with Crippen molar-refractivity contribution in [3.05, 3.63) is 11.6 Å². The van der Waals surface area contributed by atoms with Gasteiger partial charge in [0.2, 0.25) is 5.88 Å². The molecule has 2 nitrogen and oxygen atoms in total. The van der Waals surface area contributed by atoms with Crippen LogP contribution in [-0.2, 0) is 4.74 Å². The van der Waals surface area contributed by atoms with Crippen LogP contribution in [0.4, 0.5) is 0 Å². The van der Waals surface area contributed by atoms with E-state index >= 15 is 0 Å². The summed E-state index contributed by atoms with van der Waals surface area (Å²) in [5, 5.41) is 2.85. The van der Waals surface area contributed by atoms with Crippen LogP contribution in [0.15, 0.2) is 11.6 Å². The molecule has 0 aromatic rings. The van der Waals surface area contributed by atoms with E-state index in [1.807, 2.05) is 14.0 Å². The van der Waals surface area contributed by atoms with Crippen molar-refractivity contribution in [2.45, 2.75) is 6.92 Å². The van der Waals surface area contributed by atoms with Crippen LogP contribution >= 0.6 is 0 Å². The highest BCUT2D eigenvalue weighted by atomic mass is 16.6. The first-order valence-corrected chi connectivity index (χ1v) is 1.91. The summed E-state index contributed by atoms with van der Waals surface area (Å²) in [5.74, 6) is 1.94. The fraction of sp³-hybridized carbons (Fsp3) is 0.500. The summed E-state index contributed by atoms with van der Waals surface area (Å²) in [4.78, 5) is 0. The van der Waals surface area contributed by atoms with Gasteiger partial charge in [0.15, 0.2) is 5.76 Å². The Hall–Kier alpha value is -0.660. The minimum absolute atomic E-state index is 0.926. The second kappa shape index (κ2) is 0.899. The Bertz CT molecular complexity index is 95.7. The molecule has 0 saturated heterocycles. The molecule has 0 aromatic heterocycles. The average Bonchev–Trinajstić information content (AvgIpc) is 2.19. The normalized spacial score (nSPS) is 17.0. The Kier molecular flexibility index (Phi) is 0.528. The second-order valence-corrected chi connectivity index (χ2v) is 1.24. The maximum Gasteiger partial charge on any atom is 0.231 e. The largest absolute Gasteiger partial charge is 0.437 e. The topological polar surface area (TPSA) is 24.6 Å². The van der Waals surface area contributed by atoms with E-state index in [9.17, 15) is 0 Å². The van der Waals surface area contributed by atoms with Crippen LogP contribution < -0.4 is 5.32 Å². The lowest BCUT2D eigenvalue weighted by atomic mass is 10.7. The second-order valence-electron chi connectivity index (χ2n) is 1.24. The molecule has 1 aliphatic rings. The number of hydrogen-bond donors (Lipinski definition) is 1. The molecule has 1 rings (SSSR count). The van der Waals surface area contributed by atoms with Crippen molar-refractivity contribution in [2.24, 2.45) is 0 Å². The van der Waals surface area contributed by atoms with Crippen LogP contribution in [0.5, 0.6) is 0 Å². The SMILES string of the molecule is CNC1=C(C)O1. The van der Waals surface area contributed by atoms with Crippen LogP contribution in [0.1, 0.15) is 6.92 Å². The van der Waals surface area contributed by atoms with Crippen molar-refractivity contribution in [2.75, 3.05) is 7.05 Å². The zero-order valence-corrected chi connectivity index (χ0v) is 3.91. The molecule has 1 heterocycles. The van der Waals surface area contributed by atoms with Gasteiger partial charge >= 0.3 is 0 Å². The van der Waals surface area contributed by atoms with Gasteiger partial charge in [0.05, 0.1) is 0 Å². The number of hydrogen-bond acceptors (Lipinski definition) is 2. The Morgan fingerprint density at radius 1 is 1.67 bits per heavy atom. The van der Waals surface area contributed by atoms with Crippen LogP contribution in [-0.4, -0.2) is 7.05 Å². The number of allylic oxidation sites excluding steroid dienone is 1. The van der Waals surface area contributed by atoms with Crippen LogP contribution in [0.25, 0.3) is 0 Å². The minimum Gasteiger partial charge on any atom is -0.437 e. The van der Waals surface area contributed by atoms with Crippen LogP contribution in [0.2, 0.25) is 0 Å². The maximum atomic E-state index is 4.79. The summed E-state index contributed by atoms with van der Waals surface area (Å²) in [6, 6.07) is 0. The molecule has 0 spiro atoms. The quantitative estimate of drug-likeness (QED) is 0.499. The lowest BCUT2D eigenvalue weighted by Crippen LogP contribution is -1.94. The van der Waals surface area contributed by atoms with E-state index in [2.05, 4.69) is 5.32 Å². The van der Waals surface area contributed by atoms with E-state index in [1.54, 1.807) is 0 Å². The molecule has 0 aromatic carbocycles. The summed E-state index contributed by atoms with van der Waals surface area (Å²) < 4.78 is 4.79. The summed E-state index contributed by atoms with van der Waals surface area (Å²) >= 11 is 0. The third-order valence-electron chi connectivity index (χ3n) is 0.760. The Balaban J connectivity index is 2.38. The van der Waals surface area contributed by atoms with E-state index < -0.39 is 0 Å². The molecule has 0 unspecified atom stereocenters. The van der Waals surface area contributed by atoms with Gasteiger partial charge in [-0.15, -0.1) is 0 Å². The van der Waals surface area contributed by atoms with Gasteiger partial charge in [0, 0.05) is 7.05 Å². The summed E-state index contributed by atoms with van der Waals surface area (Å²) in [5.41, 5.74) is 0. The number of rotatable bonds is 1. The summed E-state index contributed by atoms with van der Waals surface area (Å²) in [6.45, 7) is 1.92. The first kappa shape index (κ1) is 3.53. The monoisotopic (exact) mass is 85.1 g/mol. The Labute approximate surface area is 36.8 Å². The predicted octanol–water partition coefficient (Wildman–Crippen LogP) is 0.425. The highest BCUT2D eigenvalue weighted by Crippen LogP contribution is 2.19. The van der Waals surface area contributed by atoms with Crippen LogP contribution in [0.3, 0.4) is 0 Å². The van der Waals surface area contributed by atoms with Gasteiger partial charge in [-0.2, -0.15) is 0 Å². The molecule has 2 heteroatoms. The molecule has 0 bridgehead atoms. The third-order valence-corrected chi connectivity index (χ3v) is 0.760. The fourth-order valence-corrected chi connectivity index (χ4v) is 0.355. The van der Waals surface area contributed by atoms with Crippen molar-refractivity contribution in [3.63, 3.8) is 0 Å². The number of ether oxygens (including phenoxy) is 1. The highest BCUT2D eigenvalue weighted by Gasteiger charge is 2.16. The van der Waals surface area contributed by atoms with Crippen molar-refractivity contribution < 1.29 is 4.74 Å². The van der Waals surface area contributed by atoms with Gasteiger partial charge in [0.25, 0.3) is 0 Å². The predicted molar refractivity (Wildman–Crippen MR) is 22.8 cm³/mol. The molecule has 34 valence electrons. The Morgan fingerprint density at radius 3 is 2.17 bits per heavy atom. The van der Waals surface area contributed by atoms with Crippen molar-refractivity contribution in [1.82, 2.24) is 5.32 Å². The summed E-state index contributed by atoms with van der Waals surface area (Å²) in [6.07, 6.45) is 0. The maximum absolute atomic E-state index is 4.79. The van der Waals surface area contributed by atoms with Crippen molar-refractivity contribution >= 4 is 0 Å². The van der Waals surface area contributed by atoms with Gasteiger partial charge in [-0.25, -0.2) is 0 Å². The molecule has 0 amide bonds. The van der Waals surface area contributed by atoms with Crippen LogP contribution in [0, 0.1) is 0 Å². The van der Waals surface area contributed by atoms with E-state index in [1.165, 1.54) is 0 Å². The molecule has 6 heavy (non-hydrogen) atoms. The third kappa shape index (κ3) is 0.339. The first-order valence-electron chi connectivity index (χ1n) is 1.91. The van der Waals surface area contributed by atoms with Gasteiger partial charge in [-0.3, -0.25) is 0 Å². The Morgan fingerprint density at radius 2 is 2.17 bits per heavy atom. The molecule has 0 fully saturated rings. The average molecular weight is 85.1 g/mol. The minimum atomic E-state index is 0.926. The molecular weight excluding hydrogens is 78.0 g/mol. The van der Waals surface area contributed by atoms with Crippen molar-refractivity contribution in [3.8, 4) is 0 Å². The van der Waals surface area contributed by atoms with E-state index in [4.69, 9.17) is 4.74 Å². The standard InChI is InChI=1S/C4H7NO/c1-3-4(5-2)6-3/h5H,1-2H3. The molecular formula is C4H7NO. The zero-order chi connectivity index (χ0) is 4.57. The molecule has 0 radical (unpaired) electrons. The summed E-state index contributed by atoms with van der Waals surface area (Å²) in [7, 11) is 1.84. The van der Waals surface area contributed by atoms with Crippen molar-refractivity contribution in [1.29, 1.82) is 0 Å². The van der Waals surface area contributed by atoms with Gasteiger partial charge < -0.3 is 10.1 Å². The van der Waals surface area contributed by atoms with Gasteiger partial charge in [-0.1, -0.05) is 0 Å². The van der Waals surface area contributed by atoms with Gasteiger partial charge in [0.1, 0.15) is 0 Å². The molecule has 1 N–H and O–H groups in total. The molecule has 1 aliphatic heterocycles. The highest BCUT2D eigenvalue weighted by molar-refractivity contribution is 5.11. The lowest BCUT2D eigenvalue weighted by molar-refractivity contribution is 0.447.